The maximum Gasteiger partial charge on any atom is 0.197 e. The summed E-state index contributed by atoms with van der Waals surface area (Å²) in [5.74, 6) is 1.14. The first-order chi connectivity index (χ1) is 6.77. The average Bonchev–Trinajstić information content (AvgIpc) is 2.68. The molecule has 2 nitrogen and oxygen atoms in total. The van der Waals surface area contributed by atoms with Crippen LogP contribution < -0.4 is 0 Å². The fraction of sp³-hybridized carbons (Fsp3) is 0.250. The standard InChI is InChI=1S/C12H13NO/c1-9(2)12-13-11(8-14-12)10-6-4-3-5-7-10/h3-9H,1-2H3. The van der Waals surface area contributed by atoms with Crippen molar-refractivity contribution in [3.05, 3.63) is 42.5 Å². The SMILES string of the molecule is CC(C)c1nc(-c2ccccc2)co1. The second kappa shape index (κ2) is 3.66. The Balaban J connectivity index is 2.34. The quantitative estimate of drug-likeness (QED) is 0.719. The fourth-order valence-electron chi connectivity index (χ4n) is 1.29. The Bertz CT molecular complexity index is 403. The summed E-state index contributed by atoms with van der Waals surface area (Å²) in [5.41, 5.74) is 2.01. The van der Waals surface area contributed by atoms with Crippen molar-refractivity contribution < 1.29 is 4.42 Å². The molecule has 0 amide bonds. The van der Waals surface area contributed by atoms with Crippen LogP contribution in [0.1, 0.15) is 25.7 Å². The van der Waals surface area contributed by atoms with Crippen molar-refractivity contribution >= 4 is 0 Å². The summed E-state index contributed by atoms with van der Waals surface area (Å²) in [4.78, 5) is 4.41. The van der Waals surface area contributed by atoms with Crippen molar-refractivity contribution in [2.45, 2.75) is 19.8 Å². The first kappa shape index (κ1) is 9.00. The molecular formula is C12H13NO. The highest BCUT2D eigenvalue weighted by atomic mass is 16.3. The molecule has 0 fully saturated rings. The Labute approximate surface area is 83.6 Å². The van der Waals surface area contributed by atoms with Crippen molar-refractivity contribution in [2.75, 3.05) is 0 Å². The molecule has 1 heterocycles. The minimum atomic E-state index is 0.340. The number of hydrogen-bond donors (Lipinski definition) is 0. The number of benzene rings is 1. The fourth-order valence-corrected chi connectivity index (χ4v) is 1.29. The van der Waals surface area contributed by atoms with Gasteiger partial charge in [0.05, 0.1) is 0 Å². The molecule has 0 atom stereocenters. The summed E-state index contributed by atoms with van der Waals surface area (Å²) < 4.78 is 5.37. The van der Waals surface area contributed by atoms with Gasteiger partial charge in [0.15, 0.2) is 5.89 Å². The molecule has 0 saturated heterocycles. The molecule has 0 spiro atoms. The van der Waals surface area contributed by atoms with Gasteiger partial charge in [0.1, 0.15) is 12.0 Å². The highest BCUT2D eigenvalue weighted by molar-refractivity contribution is 5.57. The molecule has 0 aliphatic carbocycles. The number of rotatable bonds is 2. The predicted octanol–water partition coefficient (Wildman–Crippen LogP) is 3.47. The zero-order valence-electron chi connectivity index (χ0n) is 8.40. The normalized spacial score (nSPS) is 10.8. The molecule has 0 unspecified atom stereocenters. The lowest BCUT2D eigenvalue weighted by molar-refractivity contribution is 0.471. The molecular weight excluding hydrogens is 174 g/mol. The molecule has 72 valence electrons. The van der Waals surface area contributed by atoms with Crippen LogP contribution in [0.2, 0.25) is 0 Å². The largest absolute Gasteiger partial charge is 0.448 e. The van der Waals surface area contributed by atoms with Gasteiger partial charge in [-0.25, -0.2) is 4.98 Å². The predicted molar refractivity (Wildman–Crippen MR) is 56.0 cm³/mol. The monoisotopic (exact) mass is 187 g/mol. The first-order valence-electron chi connectivity index (χ1n) is 4.78. The molecule has 0 N–H and O–H groups in total. The second-order valence-corrected chi connectivity index (χ2v) is 3.59. The number of nitrogens with zero attached hydrogens (tertiary/aromatic N) is 1. The van der Waals surface area contributed by atoms with E-state index < -0.39 is 0 Å². The lowest BCUT2D eigenvalue weighted by Crippen LogP contribution is -1.86. The molecule has 1 aromatic heterocycles. The van der Waals surface area contributed by atoms with Gasteiger partial charge in [0, 0.05) is 11.5 Å². The highest BCUT2D eigenvalue weighted by Crippen LogP contribution is 2.21. The third-order valence-corrected chi connectivity index (χ3v) is 2.09. The summed E-state index contributed by atoms with van der Waals surface area (Å²) in [6.45, 7) is 4.14. The lowest BCUT2D eigenvalue weighted by Gasteiger charge is -1.95. The third-order valence-electron chi connectivity index (χ3n) is 2.09. The minimum Gasteiger partial charge on any atom is -0.448 e. The number of hydrogen-bond acceptors (Lipinski definition) is 2. The van der Waals surface area contributed by atoms with Crippen molar-refractivity contribution in [1.29, 1.82) is 0 Å². The maximum atomic E-state index is 5.37. The van der Waals surface area contributed by atoms with Gasteiger partial charge >= 0.3 is 0 Å². The molecule has 0 radical (unpaired) electrons. The summed E-state index contributed by atoms with van der Waals surface area (Å²) >= 11 is 0. The van der Waals surface area contributed by atoms with Gasteiger partial charge in [-0.1, -0.05) is 44.2 Å². The Hall–Kier alpha value is -1.57. The third kappa shape index (κ3) is 1.69. The van der Waals surface area contributed by atoms with Crippen LogP contribution in [-0.4, -0.2) is 4.98 Å². The van der Waals surface area contributed by atoms with Crippen molar-refractivity contribution in [2.24, 2.45) is 0 Å². The van der Waals surface area contributed by atoms with Gasteiger partial charge < -0.3 is 4.42 Å². The van der Waals surface area contributed by atoms with Crippen LogP contribution in [0.15, 0.2) is 41.0 Å². The van der Waals surface area contributed by atoms with E-state index >= 15 is 0 Å². The summed E-state index contributed by atoms with van der Waals surface area (Å²) in [7, 11) is 0. The smallest absolute Gasteiger partial charge is 0.197 e. The van der Waals surface area contributed by atoms with Crippen molar-refractivity contribution in [3.8, 4) is 11.3 Å². The van der Waals surface area contributed by atoms with E-state index in [-0.39, 0.29) is 0 Å². The molecule has 2 aromatic rings. The summed E-state index contributed by atoms with van der Waals surface area (Å²) in [5, 5.41) is 0. The molecule has 0 aliphatic rings. The Morgan fingerprint density at radius 1 is 1.14 bits per heavy atom. The van der Waals surface area contributed by atoms with Crippen LogP contribution in [0.4, 0.5) is 0 Å². The van der Waals surface area contributed by atoms with E-state index in [2.05, 4.69) is 18.8 Å². The van der Waals surface area contributed by atoms with Crippen LogP contribution in [0.25, 0.3) is 11.3 Å². The van der Waals surface area contributed by atoms with Crippen LogP contribution in [-0.2, 0) is 0 Å². The zero-order valence-corrected chi connectivity index (χ0v) is 8.40. The van der Waals surface area contributed by atoms with E-state index in [0.29, 0.717) is 5.92 Å². The van der Waals surface area contributed by atoms with E-state index in [9.17, 15) is 0 Å². The molecule has 1 aromatic carbocycles. The van der Waals surface area contributed by atoms with Crippen molar-refractivity contribution in [1.82, 2.24) is 4.98 Å². The van der Waals surface area contributed by atoms with Gasteiger partial charge in [-0.2, -0.15) is 0 Å². The van der Waals surface area contributed by atoms with Gasteiger partial charge in [-0.05, 0) is 0 Å². The van der Waals surface area contributed by atoms with E-state index in [1.807, 2.05) is 30.3 Å². The highest BCUT2D eigenvalue weighted by Gasteiger charge is 2.08. The first-order valence-corrected chi connectivity index (χ1v) is 4.78. The van der Waals surface area contributed by atoms with Gasteiger partial charge in [-0.15, -0.1) is 0 Å². The number of aromatic nitrogens is 1. The second-order valence-electron chi connectivity index (χ2n) is 3.59. The van der Waals surface area contributed by atoms with Gasteiger partial charge in [0.25, 0.3) is 0 Å². The van der Waals surface area contributed by atoms with E-state index in [1.165, 1.54) is 0 Å². The Kier molecular flexibility index (Phi) is 2.35. The van der Waals surface area contributed by atoms with Crippen LogP contribution in [0.3, 0.4) is 0 Å². The molecule has 2 heteroatoms. The van der Waals surface area contributed by atoms with E-state index in [0.717, 1.165) is 17.1 Å². The molecule has 0 bridgehead atoms. The van der Waals surface area contributed by atoms with Gasteiger partial charge in [-0.3, -0.25) is 0 Å². The summed E-state index contributed by atoms with van der Waals surface area (Å²) in [6, 6.07) is 10.1. The summed E-state index contributed by atoms with van der Waals surface area (Å²) in [6.07, 6.45) is 1.71. The maximum absolute atomic E-state index is 5.37. The minimum absolute atomic E-state index is 0.340. The molecule has 0 saturated carbocycles. The Morgan fingerprint density at radius 2 is 1.86 bits per heavy atom. The van der Waals surface area contributed by atoms with Gasteiger partial charge in [0.2, 0.25) is 0 Å². The van der Waals surface area contributed by atoms with Crippen molar-refractivity contribution in [3.63, 3.8) is 0 Å². The van der Waals surface area contributed by atoms with Crippen LogP contribution >= 0.6 is 0 Å². The number of oxazole rings is 1. The zero-order chi connectivity index (χ0) is 9.97. The van der Waals surface area contributed by atoms with Crippen LogP contribution in [0, 0.1) is 0 Å². The van der Waals surface area contributed by atoms with Crippen LogP contribution in [0.5, 0.6) is 0 Å². The van der Waals surface area contributed by atoms with E-state index in [1.54, 1.807) is 6.26 Å². The lowest BCUT2D eigenvalue weighted by atomic mass is 10.2. The topological polar surface area (TPSA) is 26.0 Å². The molecule has 2 rings (SSSR count). The average molecular weight is 187 g/mol. The molecule has 0 aliphatic heterocycles. The van der Waals surface area contributed by atoms with E-state index in [4.69, 9.17) is 4.42 Å². The Morgan fingerprint density at radius 3 is 2.43 bits per heavy atom. The molecule has 14 heavy (non-hydrogen) atoms.